The molecule has 1 fully saturated rings. The van der Waals surface area contributed by atoms with Crippen LogP contribution in [0.25, 0.3) is 0 Å². The smallest absolute Gasteiger partial charge is 0.322 e. The monoisotopic (exact) mass is 353 g/mol. The first-order valence-electron chi connectivity index (χ1n) is 8.84. The lowest BCUT2D eigenvalue weighted by atomic mass is 10.2. The molecule has 1 aliphatic heterocycles. The Bertz CT molecular complexity index is 764. The molecule has 1 atom stereocenters. The van der Waals surface area contributed by atoms with Crippen molar-refractivity contribution in [2.24, 2.45) is 0 Å². The molecule has 6 heteroatoms. The molecule has 136 valence electrons. The summed E-state index contributed by atoms with van der Waals surface area (Å²) in [5, 5.41) is 5.75. The van der Waals surface area contributed by atoms with E-state index in [1.165, 1.54) is 0 Å². The third kappa shape index (κ3) is 4.14. The number of nitrogens with zero attached hydrogens (tertiary/aromatic N) is 1. The van der Waals surface area contributed by atoms with E-state index in [1.807, 2.05) is 55.5 Å². The number of anilines is 2. The molecule has 0 radical (unpaired) electrons. The SMILES string of the molecule is CCOc1ccccc1NC(=O)[C@H]1CCCN1C(=O)Nc1ccccc1. The van der Waals surface area contributed by atoms with Crippen LogP contribution in [-0.2, 0) is 4.79 Å². The highest BCUT2D eigenvalue weighted by atomic mass is 16.5. The predicted octanol–water partition coefficient (Wildman–Crippen LogP) is 3.72. The number of ether oxygens (including phenoxy) is 1. The number of amides is 3. The second-order valence-electron chi connectivity index (χ2n) is 6.07. The average molecular weight is 353 g/mol. The number of carbonyl (C=O) groups is 2. The van der Waals surface area contributed by atoms with Gasteiger partial charge in [0.15, 0.2) is 0 Å². The maximum absolute atomic E-state index is 12.8. The highest BCUT2D eigenvalue weighted by Gasteiger charge is 2.34. The molecule has 1 aliphatic rings. The molecule has 2 aromatic rings. The van der Waals surface area contributed by atoms with Crippen molar-refractivity contribution >= 4 is 23.3 Å². The van der Waals surface area contributed by atoms with E-state index in [0.717, 1.165) is 6.42 Å². The molecule has 2 N–H and O–H groups in total. The Kier molecular flexibility index (Phi) is 5.73. The van der Waals surface area contributed by atoms with Crippen LogP contribution in [0, 0.1) is 0 Å². The molecule has 6 nitrogen and oxygen atoms in total. The minimum absolute atomic E-state index is 0.196. The molecule has 2 aromatic carbocycles. The van der Waals surface area contributed by atoms with Gasteiger partial charge in [0, 0.05) is 12.2 Å². The Morgan fingerprint density at radius 2 is 1.81 bits per heavy atom. The molecule has 0 saturated carbocycles. The van der Waals surface area contributed by atoms with Crippen molar-refractivity contribution in [3.8, 4) is 5.75 Å². The number of hydrogen-bond acceptors (Lipinski definition) is 3. The van der Waals surface area contributed by atoms with E-state index >= 15 is 0 Å². The van der Waals surface area contributed by atoms with Crippen LogP contribution in [0.3, 0.4) is 0 Å². The third-order valence-electron chi connectivity index (χ3n) is 4.29. The summed E-state index contributed by atoms with van der Waals surface area (Å²) in [4.78, 5) is 26.9. The van der Waals surface area contributed by atoms with Crippen molar-refractivity contribution in [2.45, 2.75) is 25.8 Å². The van der Waals surface area contributed by atoms with Gasteiger partial charge in [-0.05, 0) is 44.0 Å². The van der Waals surface area contributed by atoms with Gasteiger partial charge in [-0.3, -0.25) is 4.79 Å². The van der Waals surface area contributed by atoms with Crippen LogP contribution in [0.1, 0.15) is 19.8 Å². The van der Waals surface area contributed by atoms with E-state index in [1.54, 1.807) is 11.0 Å². The minimum atomic E-state index is -0.492. The number of hydrogen-bond donors (Lipinski definition) is 2. The molecule has 0 spiro atoms. The molecule has 26 heavy (non-hydrogen) atoms. The van der Waals surface area contributed by atoms with E-state index in [4.69, 9.17) is 4.74 Å². The van der Waals surface area contributed by atoms with Gasteiger partial charge in [0.25, 0.3) is 0 Å². The number of rotatable bonds is 5. The molecule has 3 amide bonds. The lowest BCUT2D eigenvalue weighted by Gasteiger charge is -2.24. The molecule has 1 heterocycles. The predicted molar refractivity (Wildman–Crippen MR) is 101 cm³/mol. The normalized spacial score (nSPS) is 16.2. The van der Waals surface area contributed by atoms with E-state index in [2.05, 4.69) is 10.6 Å². The Balaban J connectivity index is 1.68. The summed E-state index contributed by atoms with van der Waals surface area (Å²) < 4.78 is 5.55. The lowest BCUT2D eigenvalue weighted by Crippen LogP contribution is -2.45. The van der Waals surface area contributed by atoms with Gasteiger partial charge in [-0.2, -0.15) is 0 Å². The topological polar surface area (TPSA) is 70.7 Å². The second-order valence-corrected chi connectivity index (χ2v) is 6.07. The summed E-state index contributed by atoms with van der Waals surface area (Å²) in [6.45, 7) is 2.97. The molecule has 0 bridgehead atoms. The van der Waals surface area contributed by atoms with Gasteiger partial charge in [-0.15, -0.1) is 0 Å². The van der Waals surface area contributed by atoms with Gasteiger partial charge >= 0.3 is 6.03 Å². The second kappa shape index (κ2) is 8.38. The molecule has 1 saturated heterocycles. The van der Waals surface area contributed by atoms with Crippen molar-refractivity contribution in [3.05, 3.63) is 54.6 Å². The molecular formula is C20H23N3O3. The van der Waals surface area contributed by atoms with E-state index in [0.29, 0.717) is 36.7 Å². The standard InChI is InChI=1S/C20H23N3O3/c1-2-26-18-13-7-6-11-16(18)22-19(24)17-12-8-14-23(17)20(25)21-15-9-4-3-5-10-15/h3-7,9-11,13,17H,2,8,12,14H2,1H3,(H,21,25)(H,22,24)/t17-/m1/s1. The van der Waals surface area contributed by atoms with Crippen molar-refractivity contribution in [1.82, 2.24) is 4.90 Å². The van der Waals surface area contributed by atoms with E-state index in [9.17, 15) is 9.59 Å². The quantitative estimate of drug-likeness (QED) is 0.861. The van der Waals surface area contributed by atoms with Gasteiger partial charge in [0.2, 0.25) is 5.91 Å². The Hall–Kier alpha value is -3.02. The number of likely N-dealkylation sites (tertiary alicyclic amines) is 1. The van der Waals surface area contributed by atoms with Crippen LogP contribution in [0.15, 0.2) is 54.6 Å². The van der Waals surface area contributed by atoms with Crippen molar-refractivity contribution < 1.29 is 14.3 Å². The van der Waals surface area contributed by atoms with Gasteiger partial charge in [-0.25, -0.2) is 4.79 Å². The maximum Gasteiger partial charge on any atom is 0.322 e. The average Bonchev–Trinajstić information content (AvgIpc) is 3.14. The molecule has 0 aromatic heterocycles. The van der Waals surface area contributed by atoms with Crippen LogP contribution >= 0.6 is 0 Å². The molecule has 3 rings (SSSR count). The Morgan fingerprint density at radius 3 is 2.58 bits per heavy atom. The fourth-order valence-electron chi connectivity index (χ4n) is 3.07. The van der Waals surface area contributed by atoms with Gasteiger partial charge in [0.1, 0.15) is 11.8 Å². The molecular weight excluding hydrogens is 330 g/mol. The van der Waals surface area contributed by atoms with Gasteiger partial charge < -0.3 is 20.3 Å². The first-order valence-corrected chi connectivity index (χ1v) is 8.84. The van der Waals surface area contributed by atoms with E-state index in [-0.39, 0.29) is 11.9 Å². The minimum Gasteiger partial charge on any atom is -0.492 e. The molecule has 0 unspecified atom stereocenters. The van der Waals surface area contributed by atoms with Gasteiger partial charge in [-0.1, -0.05) is 30.3 Å². The number of urea groups is 1. The van der Waals surface area contributed by atoms with Crippen LogP contribution in [0.4, 0.5) is 16.2 Å². The fourth-order valence-corrected chi connectivity index (χ4v) is 3.07. The zero-order valence-electron chi connectivity index (χ0n) is 14.8. The first-order chi connectivity index (χ1) is 12.7. The highest BCUT2D eigenvalue weighted by Crippen LogP contribution is 2.26. The number of carbonyl (C=O) groups excluding carboxylic acids is 2. The van der Waals surface area contributed by atoms with Gasteiger partial charge in [0.05, 0.1) is 12.3 Å². The highest BCUT2D eigenvalue weighted by molar-refractivity contribution is 6.00. The molecule has 0 aliphatic carbocycles. The third-order valence-corrected chi connectivity index (χ3v) is 4.29. The number of para-hydroxylation sites is 3. The summed E-state index contributed by atoms with van der Waals surface area (Å²) in [6, 6.07) is 15.8. The zero-order chi connectivity index (χ0) is 18.4. The summed E-state index contributed by atoms with van der Waals surface area (Å²) in [6.07, 6.45) is 1.44. The Morgan fingerprint density at radius 1 is 1.08 bits per heavy atom. The van der Waals surface area contributed by atoms with Crippen molar-refractivity contribution in [3.63, 3.8) is 0 Å². The van der Waals surface area contributed by atoms with Crippen molar-refractivity contribution in [1.29, 1.82) is 0 Å². The fraction of sp³-hybridized carbons (Fsp3) is 0.300. The number of nitrogens with one attached hydrogen (secondary N) is 2. The van der Waals surface area contributed by atoms with Crippen LogP contribution in [0.2, 0.25) is 0 Å². The van der Waals surface area contributed by atoms with E-state index < -0.39 is 6.04 Å². The van der Waals surface area contributed by atoms with Crippen molar-refractivity contribution in [2.75, 3.05) is 23.8 Å². The summed E-state index contributed by atoms with van der Waals surface area (Å²) in [7, 11) is 0. The van der Waals surface area contributed by atoms with Crippen LogP contribution in [0.5, 0.6) is 5.75 Å². The van der Waals surface area contributed by atoms with Crippen LogP contribution < -0.4 is 15.4 Å². The number of benzene rings is 2. The summed E-state index contributed by atoms with van der Waals surface area (Å²) in [5.41, 5.74) is 1.33. The zero-order valence-corrected chi connectivity index (χ0v) is 14.8. The summed E-state index contributed by atoms with van der Waals surface area (Å²) >= 11 is 0. The first kappa shape index (κ1) is 17.8. The largest absolute Gasteiger partial charge is 0.492 e. The maximum atomic E-state index is 12.8. The Labute approximate surface area is 153 Å². The summed E-state index contributed by atoms with van der Waals surface area (Å²) in [5.74, 6) is 0.430. The lowest BCUT2D eigenvalue weighted by molar-refractivity contribution is -0.119. The van der Waals surface area contributed by atoms with Crippen LogP contribution in [-0.4, -0.2) is 36.0 Å².